The molecular formula is C16H10N4O2S2. The van der Waals surface area contributed by atoms with Gasteiger partial charge in [0.2, 0.25) is 0 Å². The summed E-state index contributed by atoms with van der Waals surface area (Å²) in [6.45, 7) is 0. The minimum atomic E-state index is -0.212. The van der Waals surface area contributed by atoms with Gasteiger partial charge in [-0.1, -0.05) is 17.4 Å². The summed E-state index contributed by atoms with van der Waals surface area (Å²) in [5.74, 6) is 0.420. The number of rotatable bonds is 4. The molecule has 0 aliphatic heterocycles. The third-order valence-corrected chi connectivity index (χ3v) is 4.46. The lowest BCUT2D eigenvalue weighted by atomic mass is 10.2. The number of amides is 1. The summed E-state index contributed by atoms with van der Waals surface area (Å²) >= 11 is 2.53. The van der Waals surface area contributed by atoms with Crippen LogP contribution in [0.15, 0.2) is 54.0 Å². The van der Waals surface area contributed by atoms with Gasteiger partial charge in [0.15, 0.2) is 0 Å². The Hall–Kier alpha value is -2.84. The molecule has 0 saturated carbocycles. The highest BCUT2D eigenvalue weighted by molar-refractivity contribution is 7.11. The number of thiazole rings is 1. The molecule has 0 radical (unpaired) electrons. The van der Waals surface area contributed by atoms with Gasteiger partial charge in [0.05, 0.1) is 17.4 Å². The van der Waals surface area contributed by atoms with E-state index >= 15 is 0 Å². The fraction of sp³-hybridized carbons (Fsp3) is 0. The third-order valence-electron chi connectivity index (χ3n) is 3.27. The molecular weight excluding hydrogens is 344 g/mol. The smallest absolute Gasteiger partial charge is 0.278 e. The number of carbonyl (C=O) groups excluding carboxylic acids is 1. The number of carbonyl (C=O) groups is 1. The predicted molar refractivity (Wildman–Crippen MR) is 94.0 cm³/mol. The second kappa shape index (κ2) is 6.34. The second-order valence-electron chi connectivity index (χ2n) is 4.82. The minimum absolute atomic E-state index is 0.212. The maximum Gasteiger partial charge on any atom is 0.278 e. The summed E-state index contributed by atoms with van der Waals surface area (Å²) in [6.07, 6.45) is 1.68. The van der Waals surface area contributed by atoms with Crippen LogP contribution >= 0.6 is 23.1 Å². The Kier molecular flexibility index (Phi) is 3.89. The molecule has 0 aliphatic carbocycles. The van der Waals surface area contributed by atoms with Gasteiger partial charge in [-0.25, -0.2) is 4.98 Å². The van der Waals surface area contributed by atoms with Crippen LogP contribution in [0.5, 0.6) is 10.9 Å². The number of hydrogen-bond acceptors (Lipinski definition) is 7. The molecule has 0 bridgehead atoms. The highest BCUT2D eigenvalue weighted by Crippen LogP contribution is 2.24. The van der Waals surface area contributed by atoms with Gasteiger partial charge in [-0.05, 0) is 36.4 Å². The van der Waals surface area contributed by atoms with E-state index in [1.807, 2.05) is 23.6 Å². The van der Waals surface area contributed by atoms with Gasteiger partial charge in [-0.15, -0.1) is 0 Å². The molecule has 118 valence electrons. The summed E-state index contributed by atoms with van der Waals surface area (Å²) in [6, 6.07) is 12.4. The van der Waals surface area contributed by atoms with E-state index in [4.69, 9.17) is 4.74 Å². The van der Waals surface area contributed by atoms with Crippen LogP contribution in [0.2, 0.25) is 0 Å². The summed E-state index contributed by atoms with van der Waals surface area (Å²) in [5.41, 5.74) is 2.64. The van der Waals surface area contributed by atoms with Crippen molar-refractivity contribution >= 4 is 45.7 Å². The largest absolute Gasteiger partial charge is 0.431 e. The van der Waals surface area contributed by atoms with Crippen LogP contribution in [0.4, 0.5) is 5.69 Å². The number of nitrogens with one attached hydrogen (secondary N) is 1. The zero-order valence-electron chi connectivity index (χ0n) is 12.2. The first-order valence-electron chi connectivity index (χ1n) is 7.00. The zero-order chi connectivity index (χ0) is 16.4. The zero-order valence-corrected chi connectivity index (χ0v) is 13.8. The van der Waals surface area contributed by atoms with Crippen molar-refractivity contribution in [1.82, 2.24) is 13.7 Å². The van der Waals surface area contributed by atoms with Crippen LogP contribution in [0.1, 0.15) is 10.4 Å². The summed E-state index contributed by atoms with van der Waals surface area (Å²) < 4.78 is 14.0. The monoisotopic (exact) mass is 354 g/mol. The topological polar surface area (TPSA) is 77.0 Å². The SMILES string of the molecule is O=C(Nc1cccc2nsnc12)c1ccc(Oc2nccs2)cc1. The lowest BCUT2D eigenvalue weighted by molar-refractivity contribution is 0.102. The summed E-state index contributed by atoms with van der Waals surface area (Å²) in [5, 5.41) is 5.27. The van der Waals surface area contributed by atoms with Crippen LogP contribution < -0.4 is 10.1 Å². The summed E-state index contributed by atoms with van der Waals surface area (Å²) in [7, 11) is 0. The van der Waals surface area contributed by atoms with E-state index in [2.05, 4.69) is 19.0 Å². The number of ether oxygens (including phenoxy) is 1. The van der Waals surface area contributed by atoms with Crippen molar-refractivity contribution in [2.75, 3.05) is 5.32 Å². The average Bonchev–Trinajstić information content (AvgIpc) is 3.27. The van der Waals surface area contributed by atoms with Crippen LogP contribution in [0, 0.1) is 0 Å². The molecule has 0 atom stereocenters. The van der Waals surface area contributed by atoms with Crippen molar-refractivity contribution < 1.29 is 9.53 Å². The molecule has 6 nitrogen and oxygen atoms in total. The normalized spacial score (nSPS) is 10.7. The van der Waals surface area contributed by atoms with Crippen LogP contribution in [-0.2, 0) is 0 Å². The van der Waals surface area contributed by atoms with Gasteiger partial charge in [0.25, 0.3) is 11.1 Å². The van der Waals surface area contributed by atoms with Crippen LogP contribution in [-0.4, -0.2) is 19.6 Å². The molecule has 2 heterocycles. The van der Waals surface area contributed by atoms with Crippen molar-refractivity contribution in [3.63, 3.8) is 0 Å². The lowest BCUT2D eigenvalue weighted by Gasteiger charge is -2.06. The predicted octanol–water partition coefficient (Wildman–Crippen LogP) is 4.19. The molecule has 1 N–H and O–H groups in total. The van der Waals surface area contributed by atoms with Gasteiger partial charge in [-0.3, -0.25) is 4.79 Å². The van der Waals surface area contributed by atoms with Crippen molar-refractivity contribution in [1.29, 1.82) is 0 Å². The van der Waals surface area contributed by atoms with Crippen molar-refractivity contribution in [3.8, 4) is 10.9 Å². The van der Waals surface area contributed by atoms with Crippen LogP contribution in [0.3, 0.4) is 0 Å². The Labute approximate surface area is 145 Å². The van der Waals surface area contributed by atoms with Crippen molar-refractivity contribution in [2.24, 2.45) is 0 Å². The van der Waals surface area contributed by atoms with Crippen molar-refractivity contribution in [3.05, 3.63) is 59.6 Å². The molecule has 24 heavy (non-hydrogen) atoms. The average molecular weight is 354 g/mol. The molecule has 0 fully saturated rings. The van der Waals surface area contributed by atoms with E-state index < -0.39 is 0 Å². The van der Waals surface area contributed by atoms with E-state index in [9.17, 15) is 4.79 Å². The molecule has 8 heteroatoms. The molecule has 2 aromatic carbocycles. The molecule has 0 saturated heterocycles. The van der Waals surface area contributed by atoms with E-state index in [0.29, 0.717) is 27.7 Å². The number of anilines is 1. The Morgan fingerprint density at radius 3 is 2.75 bits per heavy atom. The third kappa shape index (κ3) is 2.97. The fourth-order valence-electron chi connectivity index (χ4n) is 2.14. The standard InChI is InChI=1S/C16H10N4O2S2/c21-15(18-12-2-1-3-13-14(12)20-24-19-13)10-4-6-11(7-5-10)22-16-17-8-9-23-16/h1-9H,(H,18,21). The number of aromatic nitrogens is 3. The number of benzene rings is 2. The Balaban J connectivity index is 1.51. The van der Waals surface area contributed by atoms with E-state index in [1.165, 1.54) is 11.3 Å². The summed E-state index contributed by atoms with van der Waals surface area (Å²) in [4.78, 5) is 16.5. The van der Waals surface area contributed by atoms with E-state index in [-0.39, 0.29) is 5.91 Å². The molecule has 0 unspecified atom stereocenters. The molecule has 0 spiro atoms. The first kappa shape index (κ1) is 14.7. The Morgan fingerprint density at radius 2 is 1.96 bits per heavy atom. The Bertz CT molecular complexity index is 981. The quantitative estimate of drug-likeness (QED) is 0.594. The number of nitrogens with zero attached hydrogens (tertiary/aromatic N) is 3. The molecule has 0 aliphatic rings. The maximum atomic E-state index is 12.4. The van der Waals surface area contributed by atoms with E-state index in [0.717, 1.165) is 17.2 Å². The van der Waals surface area contributed by atoms with Crippen molar-refractivity contribution in [2.45, 2.75) is 0 Å². The molecule has 1 amide bonds. The molecule has 4 aromatic rings. The van der Waals surface area contributed by atoms with Gasteiger partial charge in [0.1, 0.15) is 16.8 Å². The van der Waals surface area contributed by atoms with Crippen LogP contribution in [0.25, 0.3) is 11.0 Å². The molecule has 4 rings (SSSR count). The fourth-order valence-corrected chi connectivity index (χ4v) is 3.19. The van der Waals surface area contributed by atoms with E-state index in [1.54, 1.807) is 30.5 Å². The number of fused-ring (bicyclic) bond motifs is 1. The van der Waals surface area contributed by atoms with Gasteiger partial charge < -0.3 is 10.1 Å². The van der Waals surface area contributed by atoms with Gasteiger partial charge >= 0.3 is 0 Å². The van der Waals surface area contributed by atoms with Gasteiger partial charge in [-0.2, -0.15) is 8.75 Å². The number of hydrogen-bond donors (Lipinski definition) is 1. The maximum absolute atomic E-state index is 12.4. The second-order valence-corrected chi connectivity index (χ2v) is 6.20. The first-order valence-corrected chi connectivity index (χ1v) is 8.61. The lowest BCUT2D eigenvalue weighted by Crippen LogP contribution is -2.12. The molecule has 2 aromatic heterocycles. The first-order chi connectivity index (χ1) is 11.8. The minimum Gasteiger partial charge on any atom is -0.431 e. The Morgan fingerprint density at radius 1 is 1.08 bits per heavy atom. The highest BCUT2D eigenvalue weighted by atomic mass is 32.1. The van der Waals surface area contributed by atoms with Gasteiger partial charge in [0, 0.05) is 17.1 Å². The highest BCUT2D eigenvalue weighted by Gasteiger charge is 2.11.